The first-order valence-electron chi connectivity index (χ1n) is 6.69. The summed E-state index contributed by atoms with van der Waals surface area (Å²) >= 11 is 0. The average Bonchev–Trinajstić information content (AvgIpc) is 2.46. The van der Waals surface area contributed by atoms with Crippen LogP contribution < -0.4 is 5.73 Å². The highest BCUT2D eigenvalue weighted by Gasteiger charge is 2.16. The zero-order valence-corrected chi connectivity index (χ0v) is 11.4. The van der Waals surface area contributed by atoms with Crippen molar-refractivity contribution in [3.8, 4) is 0 Å². The summed E-state index contributed by atoms with van der Waals surface area (Å²) in [5.41, 5.74) is 10.2. The molecule has 98 valence electrons. The SMILES string of the molecule is CCc1ccccc1C(=O)c1cccc(N)c1CC. The van der Waals surface area contributed by atoms with E-state index in [9.17, 15) is 4.79 Å². The fraction of sp³-hybridized carbons (Fsp3) is 0.235. The third-order valence-corrected chi connectivity index (χ3v) is 3.45. The molecule has 2 aromatic rings. The molecule has 2 aromatic carbocycles. The van der Waals surface area contributed by atoms with Gasteiger partial charge in [0, 0.05) is 16.8 Å². The molecule has 2 heteroatoms. The summed E-state index contributed by atoms with van der Waals surface area (Å²) in [5, 5.41) is 0. The molecule has 2 rings (SSSR count). The van der Waals surface area contributed by atoms with E-state index in [1.54, 1.807) is 0 Å². The standard InChI is InChI=1S/C17H19NO/c1-3-12-8-5-6-9-14(12)17(19)15-10-7-11-16(18)13(15)4-2/h5-11H,3-4,18H2,1-2H3. The number of rotatable bonds is 4. The van der Waals surface area contributed by atoms with Crippen molar-refractivity contribution >= 4 is 11.5 Å². The lowest BCUT2D eigenvalue weighted by molar-refractivity contribution is 0.103. The molecule has 0 spiro atoms. The maximum Gasteiger partial charge on any atom is 0.193 e. The summed E-state index contributed by atoms with van der Waals surface area (Å²) < 4.78 is 0. The Morgan fingerprint density at radius 3 is 2.32 bits per heavy atom. The van der Waals surface area contributed by atoms with Crippen molar-refractivity contribution < 1.29 is 4.79 Å². The molecule has 0 heterocycles. The number of anilines is 1. The molecule has 2 nitrogen and oxygen atoms in total. The van der Waals surface area contributed by atoms with E-state index in [4.69, 9.17) is 5.73 Å². The van der Waals surface area contributed by atoms with E-state index in [2.05, 4.69) is 6.92 Å². The highest BCUT2D eigenvalue weighted by atomic mass is 16.1. The van der Waals surface area contributed by atoms with E-state index in [1.807, 2.05) is 49.4 Å². The van der Waals surface area contributed by atoms with Crippen molar-refractivity contribution in [2.45, 2.75) is 26.7 Å². The first-order chi connectivity index (χ1) is 9.19. The Bertz CT molecular complexity index is 602. The molecule has 19 heavy (non-hydrogen) atoms. The minimum Gasteiger partial charge on any atom is -0.398 e. The fourth-order valence-electron chi connectivity index (χ4n) is 2.41. The van der Waals surface area contributed by atoms with Crippen molar-refractivity contribution in [3.63, 3.8) is 0 Å². The van der Waals surface area contributed by atoms with Gasteiger partial charge >= 0.3 is 0 Å². The van der Waals surface area contributed by atoms with Crippen LogP contribution in [0.3, 0.4) is 0 Å². The Morgan fingerprint density at radius 1 is 0.947 bits per heavy atom. The van der Waals surface area contributed by atoms with Crippen molar-refractivity contribution in [2.75, 3.05) is 5.73 Å². The number of carbonyl (C=O) groups excluding carboxylic acids is 1. The molecule has 0 saturated carbocycles. The Labute approximate surface area is 114 Å². The first kappa shape index (κ1) is 13.3. The summed E-state index contributed by atoms with van der Waals surface area (Å²) in [5.74, 6) is 0.0709. The number of benzene rings is 2. The van der Waals surface area contributed by atoms with Gasteiger partial charge in [-0.1, -0.05) is 50.2 Å². The molecule has 0 aliphatic carbocycles. The minimum absolute atomic E-state index is 0.0709. The van der Waals surface area contributed by atoms with Crippen LogP contribution in [0.25, 0.3) is 0 Å². The smallest absolute Gasteiger partial charge is 0.193 e. The summed E-state index contributed by atoms with van der Waals surface area (Å²) in [4.78, 5) is 12.7. The van der Waals surface area contributed by atoms with Crippen LogP contribution in [0.1, 0.15) is 40.9 Å². The molecule has 0 amide bonds. The minimum atomic E-state index is 0.0709. The van der Waals surface area contributed by atoms with E-state index in [1.165, 1.54) is 0 Å². The molecule has 0 aliphatic rings. The lowest BCUT2D eigenvalue weighted by Gasteiger charge is -2.12. The van der Waals surface area contributed by atoms with Gasteiger partial charge in [0.2, 0.25) is 0 Å². The second-order valence-electron chi connectivity index (χ2n) is 4.57. The topological polar surface area (TPSA) is 43.1 Å². The van der Waals surface area contributed by atoms with Crippen LogP contribution >= 0.6 is 0 Å². The van der Waals surface area contributed by atoms with E-state index in [0.717, 1.165) is 35.1 Å². The fourth-order valence-corrected chi connectivity index (χ4v) is 2.41. The van der Waals surface area contributed by atoms with Crippen LogP contribution in [0.4, 0.5) is 5.69 Å². The molecule has 0 aliphatic heterocycles. The van der Waals surface area contributed by atoms with Gasteiger partial charge in [0.15, 0.2) is 5.78 Å². The zero-order valence-electron chi connectivity index (χ0n) is 11.4. The highest BCUT2D eigenvalue weighted by Crippen LogP contribution is 2.22. The van der Waals surface area contributed by atoms with Gasteiger partial charge in [-0.05, 0) is 30.0 Å². The normalized spacial score (nSPS) is 10.4. The third kappa shape index (κ3) is 2.53. The predicted octanol–water partition coefficient (Wildman–Crippen LogP) is 3.62. The quantitative estimate of drug-likeness (QED) is 0.668. The van der Waals surface area contributed by atoms with Crippen molar-refractivity contribution in [1.29, 1.82) is 0 Å². The summed E-state index contributed by atoms with van der Waals surface area (Å²) in [6, 6.07) is 13.3. The van der Waals surface area contributed by atoms with E-state index in [-0.39, 0.29) is 5.78 Å². The predicted molar refractivity (Wildman–Crippen MR) is 79.5 cm³/mol. The van der Waals surface area contributed by atoms with Crippen LogP contribution in [0.5, 0.6) is 0 Å². The monoisotopic (exact) mass is 253 g/mol. The molecule has 0 aromatic heterocycles. The van der Waals surface area contributed by atoms with Crippen LogP contribution in [-0.2, 0) is 12.8 Å². The van der Waals surface area contributed by atoms with Crippen LogP contribution in [0.15, 0.2) is 42.5 Å². The van der Waals surface area contributed by atoms with Crippen molar-refractivity contribution in [3.05, 3.63) is 64.7 Å². The summed E-state index contributed by atoms with van der Waals surface area (Å²) in [6.45, 7) is 4.08. The van der Waals surface area contributed by atoms with E-state index in [0.29, 0.717) is 5.69 Å². The third-order valence-electron chi connectivity index (χ3n) is 3.45. The van der Waals surface area contributed by atoms with Gasteiger partial charge in [-0.2, -0.15) is 0 Å². The summed E-state index contributed by atoms with van der Waals surface area (Å²) in [6.07, 6.45) is 1.62. The Morgan fingerprint density at radius 2 is 1.63 bits per heavy atom. The van der Waals surface area contributed by atoms with Gasteiger partial charge in [-0.3, -0.25) is 4.79 Å². The number of aryl methyl sites for hydroxylation is 1. The molecular formula is C17H19NO. The molecule has 0 radical (unpaired) electrons. The van der Waals surface area contributed by atoms with Gasteiger partial charge < -0.3 is 5.73 Å². The Kier molecular flexibility index (Phi) is 4.00. The molecule has 0 bridgehead atoms. The number of nitrogen functional groups attached to an aromatic ring is 1. The van der Waals surface area contributed by atoms with Gasteiger partial charge in [-0.25, -0.2) is 0 Å². The number of carbonyl (C=O) groups is 1. The largest absolute Gasteiger partial charge is 0.398 e. The van der Waals surface area contributed by atoms with Gasteiger partial charge in [0.1, 0.15) is 0 Å². The molecule has 0 saturated heterocycles. The van der Waals surface area contributed by atoms with Crippen molar-refractivity contribution in [1.82, 2.24) is 0 Å². The van der Waals surface area contributed by atoms with Gasteiger partial charge in [0.25, 0.3) is 0 Å². The number of ketones is 1. The molecule has 0 atom stereocenters. The molecule has 0 fully saturated rings. The lowest BCUT2D eigenvalue weighted by Crippen LogP contribution is -2.09. The maximum absolute atomic E-state index is 12.7. The Hall–Kier alpha value is -2.09. The second kappa shape index (κ2) is 5.70. The average molecular weight is 253 g/mol. The van der Waals surface area contributed by atoms with Crippen LogP contribution in [0.2, 0.25) is 0 Å². The van der Waals surface area contributed by atoms with E-state index >= 15 is 0 Å². The number of hydrogen-bond donors (Lipinski definition) is 1. The summed E-state index contributed by atoms with van der Waals surface area (Å²) in [7, 11) is 0. The maximum atomic E-state index is 12.7. The molecular weight excluding hydrogens is 234 g/mol. The van der Waals surface area contributed by atoms with Crippen LogP contribution in [0, 0.1) is 0 Å². The van der Waals surface area contributed by atoms with Gasteiger partial charge in [0.05, 0.1) is 0 Å². The molecule has 0 unspecified atom stereocenters. The first-order valence-corrected chi connectivity index (χ1v) is 6.69. The number of hydrogen-bond acceptors (Lipinski definition) is 2. The van der Waals surface area contributed by atoms with Gasteiger partial charge in [-0.15, -0.1) is 0 Å². The lowest BCUT2D eigenvalue weighted by atomic mass is 9.92. The second-order valence-corrected chi connectivity index (χ2v) is 4.57. The van der Waals surface area contributed by atoms with Crippen molar-refractivity contribution in [2.24, 2.45) is 0 Å². The number of nitrogens with two attached hydrogens (primary N) is 1. The molecule has 2 N–H and O–H groups in total. The zero-order chi connectivity index (χ0) is 13.8. The van der Waals surface area contributed by atoms with Crippen LogP contribution in [-0.4, -0.2) is 5.78 Å². The highest BCUT2D eigenvalue weighted by molar-refractivity contribution is 6.11. The Balaban J connectivity index is 2.53. The van der Waals surface area contributed by atoms with E-state index < -0.39 is 0 Å².